The maximum absolute atomic E-state index is 11.8. The van der Waals surface area contributed by atoms with Gasteiger partial charge in [0.25, 0.3) is 5.56 Å². The number of nitrogens with zero attached hydrogens (tertiary/aromatic N) is 2. The minimum atomic E-state index is -0.0418. The third-order valence-electron chi connectivity index (χ3n) is 2.77. The van der Waals surface area contributed by atoms with Crippen molar-refractivity contribution in [2.45, 2.75) is 39.5 Å². The van der Waals surface area contributed by atoms with E-state index in [1.807, 2.05) is 13.8 Å². The summed E-state index contributed by atoms with van der Waals surface area (Å²) < 4.78 is 6.94. The van der Waals surface area contributed by atoms with Crippen LogP contribution in [0.5, 0.6) is 0 Å². The van der Waals surface area contributed by atoms with Gasteiger partial charge < -0.3 is 10.1 Å². The molecule has 0 aromatic carbocycles. The fourth-order valence-corrected chi connectivity index (χ4v) is 1.89. The van der Waals surface area contributed by atoms with Gasteiger partial charge in [0.1, 0.15) is 0 Å². The first-order chi connectivity index (χ1) is 8.16. The molecule has 2 heterocycles. The molecule has 1 aromatic rings. The van der Waals surface area contributed by atoms with E-state index < -0.39 is 0 Å². The van der Waals surface area contributed by atoms with Crippen molar-refractivity contribution < 1.29 is 4.74 Å². The van der Waals surface area contributed by atoms with E-state index in [9.17, 15) is 4.79 Å². The lowest BCUT2D eigenvalue weighted by Crippen LogP contribution is -2.32. The van der Waals surface area contributed by atoms with Crippen molar-refractivity contribution >= 4 is 0 Å². The zero-order chi connectivity index (χ0) is 12.3. The van der Waals surface area contributed by atoms with Gasteiger partial charge in [-0.2, -0.15) is 5.10 Å². The quantitative estimate of drug-likeness (QED) is 0.819. The zero-order valence-electron chi connectivity index (χ0n) is 10.4. The second-order valence-corrected chi connectivity index (χ2v) is 4.52. The van der Waals surface area contributed by atoms with E-state index in [0.29, 0.717) is 13.2 Å². The van der Waals surface area contributed by atoms with E-state index in [2.05, 4.69) is 10.4 Å². The fourth-order valence-electron chi connectivity index (χ4n) is 1.89. The lowest BCUT2D eigenvalue weighted by atomic mass is 10.1. The van der Waals surface area contributed by atoms with Gasteiger partial charge in [-0.05, 0) is 19.4 Å². The molecule has 0 saturated heterocycles. The van der Waals surface area contributed by atoms with Gasteiger partial charge in [0.15, 0.2) is 0 Å². The SMILES string of the molecule is CC(C)OCCn1nc2c(cc1=O)CNCC2. The predicted octanol–water partition coefficient (Wildman–Crippen LogP) is 0.314. The fraction of sp³-hybridized carbons (Fsp3) is 0.667. The maximum Gasteiger partial charge on any atom is 0.267 e. The minimum absolute atomic E-state index is 0.0418. The second kappa shape index (κ2) is 5.42. The highest BCUT2D eigenvalue weighted by Crippen LogP contribution is 2.07. The van der Waals surface area contributed by atoms with E-state index in [1.165, 1.54) is 4.68 Å². The molecule has 0 fully saturated rings. The van der Waals surface area contributed by atoms with Crippen molar-refractivity contribution in [3.05, 3.63) is 27.7 Å². The van der Waals surface area contributed by atoms with Gasteiger partial charge in [0.05, 0.1) is 24.9 Å². The van der Waals surface area contributed by atoms with Crippen LogP contribution in [-0.2, 0) is 24.2 Å². The van der Waals surface area contributed by atoms with E-state index in [0.717, 1.165) is 30.8 Å². The summed E-state index contributed by atoms with van der Waals surface area (Å²) >= 11 is 0. The number of rotatable bonds is 4. The Labute approximate surface area is 101 Å². The number of fused-ring (bicyclic) bond motifs is 1. The molecule has 5 heteroatoms. The zero-order valence-corrected chi connectivity index (χ0v) is 10.4. The Kier molecular flexibility index (Phi) is 3.91. The van der Waals surface area contributed by atoms with Gasteiger partial charge in [-0.25, -0.2) is 4.68 Å². The third kappa shape index (κ3) is 3.14. The Balaban J connectivity index is 2.09. The normalized spacial score (nSPS) is 15.0. The molecule has 0 saturated carbocycles. The molecule has 0 radical (unpaired) electrons. The van der Waals surface area contributed by atoms with Crippen LogP contribution in [0.2, 0.25) is 0 Å². The highest BCUT2D eigenvalue weighted by atomic mass is 16.5. The van der Waals surface area contributed by atoms with E-state index in [-0.39, 0.29) is 11.7 Å². The monoisotopic (exact) mass is 237 g/mol. The van der Waals surface area contributed by atoms with Gasteiger partial charge in [-0.1, -0.05) is 0 Å². The number of hydrogen-bond donors (Lipinski definition) is 1. The van der Waals surface area contributed by atoms with Crippen LogP contribution in [0.4, 0.5) is 0 Å². The summed E-state index contributed by atoms with van der Waals surface area (Å²) in [6, 6.07) is 1.68. The summed E-state index contributed by atoms with van der Waals surface area (Å²) in [6.07, 6.45) is 1.08. The lowest BCUT2D eigenvalue weighted by Gasteiger charge is -2.17. The smallest absolute Gasteiger partial charge is 0.267 e. The first kappa shape index (κ1) is 12.3. The van der Waals surface area contributed by atoms with Gasteiger partial charge in [-0.3, -0.25) is 4.79 Å². The molecular weight excluding hydrogens is 218 g/mol. The van der Waals surface area contributed by atoms with Crippen molar-refractivity contribution in [1.82, 2.24) is 15.1 Å². The van der Waals surface area contributed by atoms with Gasteiger partial charge in [-0.15, -0.1) is 0 Å². The van der Waals surface area contributed by atoms with Gasteiger partial charge >= 0.3 is 0 Å². The van der Waals surface area contributed by atoms with Crippen LogP contribution in [0.25, 0.3) is 0 Å². The van der Waals surface area contributed by atoms with Crippen LogP contribution in [0.1, 0.15) is 25.1 Å². The highest BCUT2D eigenvalue weighted by Gasteiger charge is 2.12. The van der Waals surface area contributed by atoms with Crippen molar-refractivity contribution in [3.63, 3.8) is 0 Å². The van der Waals surface area contributed by atoms with E-state index in [4.69, 9.17) is 4.74 Å². The van der Waals surface area contributed by atoms with E-state index in [1.54, 1.807) is 6.07 Å². The molecule has 2 rings (SSSR count). The van der Waals surface area contributed by atoms with Crippen molar-refractivity contribution in [2.75, 3.05) is 13.2 Å². The Morgan fingerprint density at radius 3 is 3.18 bits per heavy atom. The highest BCUT2D eigenvalue weighted by molar-refractivity contribution is 5.20. The summed E-state index contributed by atoms with van der Waals surface area (Å²) in [4.78, 5) is 11.8. The van der Waals surface area contributed by atoms with Crippen LogP contribution >= 0.6 is 0 Å². The minimum Gasteiger partial charge on any atom is -0.377 e. The van der Waals surface area contributed by atoms with Gasteiger partial charge in [0.2, 0.25) is 0 Å². The molecule has 0 atom stereocenters. The summed E-state index contributed by atoms with van der Waals surface area (Å²) in [5.41, 5.74) is 2.02. The number of nitrogens with one attached hydrogen (secondary N) is 1. The van der Waals surface area contributed by atoms with Crippen LogP contribution in [0.3, 0.4) is 0 Å². The molecule has 1 aromatic heterocycles. The summed E-state index contributed by atoms with van der Waals surface area (Å²) in [5, 5.41) is 7.63. The molecule has 0 unspecified atom stereocenters. The topological polar surface area (TPSA) is 56.2 Å². The largest absolute Gasteiger partial charge is 0.377 e. The average Bonchev–Trinajstić information content (AvgIpc) is 2.29. The third-order valence-corrected chi connectivity index (χ3v) is 2.77. The van der Waals surface area contributed by atoms with Crippen LogP contribution in [0.15, 0.2) is 10.9 Å². The van der Waals surface area contributed by atoms with E-state index >= 15 is 0 Å². The summed E-state index contributed by atoms with van der Waals surface area (Å²) in [6.45, 7) is 6.70. The summed E-state index contributed by atoms with van der Waals surface area (Å²) in [5.74, 6) is 0. The van der Waals surface area contributed by atoms with Crippen LogP contribution in [-0.4, -0.2) is 29.0 Å². The first-order valence-electron chi connectivity index (χ1n) is 6.09. The van der Waals surface area contributed by atoms with Crippen molar-refractivity contribution in [1.29, 1.82) is 0 Å². The molecule has 0 amide bonds. The predicted molar refractivity (Wildman–Crippen MR) is 65.0 cm³/mol. The first-order valence-corrected chi connectivity index (χ1v) is 6.09. The molecule has 94 valence electrons. The van der Waals surface area contributed by atoms with Gasteiger partial charge in [0, 0.05) is 25.6 Å². The molecule has 1 N–H and O–H groups in total. The maximum atomic E-state index is 11.8. The standard InChI is InChI=1S/C12H19N3O2/c1-9(2)17-6-5-15-12(16)7-10-8-13-4-3-11(10)14-15/h7,9,13H,3-6,8H2,1-2H3. The van der Waals surface area contributed by atoms with Crippen LogP contribution in [0, 0.1) is 0 Å². The number of hydrogen-bond acceptors (Lipinski definition) is 4. The molecule has 0 bridgehead atoms. The Morgan fingerprint density at radius 2 is 2.41 bits per heavy atom. The summed E-state index contributed by atoms with van der Waals surface area (Å²) in [7, 11) is 0. The molecular formula is C12H19N3O2. The number of ether oxygens (including phenoxy) is 1. The van der Waals surface area contributed by atoms with Crippen LogP contribution < -0.4 is 10.9 Å². The molecule has 5 nitrogen and oxygen atoms in total. The Morgan fingerprint density at radius 1 is 1.59 bits per heavy atom. The molecule has 1 aliphatic rings. The molecule has 0 aliphatic carbocycles. The second-order valence-electron chi connectivity index (χ2n) is 4.52. The number of aromatic nitrogens is 2. The van der Waals surface area contributed by atoms with Crippen molar-refractivity contribution in [2.24, 2.45) is 0 Å². The Bertz CT molecular complexity index is 440. The molecule has 1 aliphatic heterocycles. The van der Waals surface area contributed by atoms with Crippen molar-refractivity contribution in [3.8, 4) is 0 Å². The molecule has 0 spiro atoms. The Hall–Kier alpha value is -1.20. The lowest BCUT2D eigenvalue weighted by molar-refractivity contribution is 0.0700. The average molecular weight is 237 g/mol. The molecule has 17 heavy (non-hydrogen) atoms.